The summed E-state index contributed by atoms with van der Waals surface area (Å²) in [6, 6.07) is 0.724. The minimum atomic E-state index is 0.387. The minimum Gasteiger partial charge on any atom is -0.374 e. The van der Waals surface area contributed by atoms with E-state index in [1.165, 1.54) is 25.8 Å². The molecule has 2 rings (SSSR count). The van der Waals surface area contributed by atoms with E-state index < -0.39 is 0 Å². The summed E-state index contributed by atoms with van der Waals surface area (Å²) in [4.78, 5) is 2.49. The lowest BCUT2D eigenvalue weighted by Gasteiger charge is -2.27. The lowest BCUT2D eigenvalue weighted by molar-refractivity contribution is -0.0223. The zero-order valence-corrected chi connectivity index (χ0v) is 8.99. The van der Waals surface area contributed by atoms with Crippen molar-refractivity contribution in [3.63, 3.8) is 0 Å². The molecule has 2 fully saturated rings. The number of likely N-dealkylation sites (N-methyl/N-ethyl adjacent to an activating group) is 1. The largest absolute Gasteiger partial charge is 0.374 e. The number of hydrogen-bond donors (Lipinski definition) is 0. The Labute approximate surface area is 81.3 Å². The molecule has 0 radical (unpaired) electrons. The van der Waals surface area contributed by atoms with Crippen molar-refractivity contribution in [2.75, 3.05) is 13.6 Å². The lowest BCUT2D eigenvalue weighted by atomic mass is 10.0. The minimum absolute atomic E-state index is 0.387. The van der Waals surface area contributed by atoms with Gasteiger partial charge in [0.25, 0.3) is 0 Å². The summed E-state index contributed by atoms with van der Waals surface area (Å²) in [6.45, 7) is 5.55. The van der Waals surface area contributed by atoms with Crippen LogP contribution >= 0.6 is 0 Å². The standard InChI is InChI=1S/C11H21NO/c1-8(2)13-10-5-4-9-6-7-12(3)11(9)10/h8-11H,4-7H2,1-3H3. The fourth-order valence-corrected chi connectivity index (χ4v) is 3.00. The normalized spacial score (nSPS) is 40.2. The summed E-state index contributed by atoms with van der Waals surface area (Å²) < 4.78 is 5.95. The second-order valence-corrected chi connectivity index (χ2v) is 4.82. The highest BCUT2D eigenvalue weighted by Crippen LogP contribution is 2.38. The molecule has 0 spiro atoms. The number of ether oxygens (including phenoxy) is 1. The van der Waals surface area contributed by atoms with E-state index in [-0.39, 0.29) is 0 Å². The van der Waals surface area contributed by atoms with E-state index in [1.54, 1.807) is 0 Å². The smallest absolute Gasteiger partial charge is 0.0736 e. The molecule has 76 valence electrons. The molecule has 0 N–H and O–H groups in total. The topological polar surface area (TPSA) is 12.5 Å². The third-order valence-corrected chi connectivity index (χ3v) is 3.49. The van der Waals surface area contributed by atoms with E-state index in [4.69, 9.17) is 4.74 Å². The van der Waals surface area contributed by atoms with Gasteiger partial charge in [-0.15, -0.1) is 0 Å². The van der Waals surface area contributed by atoms with Gasteiger partial charge in [-0.25, -0.2) is 0 Å². The molecule has 3 unspecified atom stereocenters. The van der Waals surface area contributed by atoms with E-state index in [2.05, 4.69) is 25.8 Å². The molecule has 0 bridgehead atoms. The summed E-state index contributed by atoms with van der Waals surface area (Å²) in [7, 11) is 2.24. The third kappa shape index (κ3) is 1.75. The van der Waals surface area contributed by atoms with Gasteiger partial charge >= 0.3 is 0 Å². The van der Waals surface area contributed by atoms with Gasteiger partial charge in [0.2, 0.25) is 0 Å². The van der Waals surface area contributed by atoms with Crippen LogP contribution in [0.1, 0.15) is 33.1 Å². The summed E-state index contributed by atoms with van der Waals surface area (Å²) in [5, 5.41) is 0. The van der Waals surface area contributed by atoms with Crippen molar-refractivity contribution in [2.24, 2.45) is 5.92 Å². The number of hydrogen-bond acceptors (Lipinski definition) is 2. The van der Waals surface area contributed by atoms with Gasteiger partial charge < -0.3 is 9.64 Å². The molecule has 1 aliphatic heterocycles. The molecule has 1 saturated heterocycles. The molecule has 3 atom stereocenters. The molecule has 2 heteroatoms. The summed E-state index contributed by atoms with van der Waals surface area (Å²) in [5.74, 6) is 0.925. The Bertz CT molecular complexity index is 181. The first-order valence-corrected chi connectivity index (χ1v) is 5.54. The van der Waals surface area contributed by atoms with Crippen LogP contribution in [0, 0.1) is 5.92 Å². The molecule has 2 aliphatic rings. The van der Waals surface area contributed by atoms with Crippen LogP contribution in [0.2, 0.25) is 0 Å². The predicted octanol–water partition coefficient (Wildman–Crippen LogP) is 1.89. The van der Waals surface area contributed by atoms with E-state index in [0.717, 1.165) is 12.0 Å². The van der Waals surface area contributed by atoms with Crippen molar-refractivity contribution in [3.8, 4) is 0 Å². The maximum atomic E-state index is 5.95. The summed E-state index contributed by atoms with van der Waals surface area (Å²) in [6.07, 6.45) is 4.94. The van der Waals surface area contributed by atoms with Gasteiger partial charge in [0.15, 0.2) is 0 Å². The maximum absolute atomic E-state index is 5.95. The molecule has 1 heterocycles. The van der Waals surface area contributed by atoms with Crippen LogP contribution in [0.3, 0.4) is 0 Å². The predicted molar refractivity (Wildman–Crippen MR) is 53.8 cm³/mol. The Balaban J connectivity index is 1.98. The van der Waals surface area contributed by atoms with Crippen molar-refractivity contribution >= 4 is 0 Å². The molecule has 2 nitrogen and oxygen atoms in total. The van der Waals surface area contributed by atoms with Crippen LogP contribution in [0.5, 0.6) is 0 Å². The molecule has 1 saturated carbocycles. The van der Waals surface area contributed by atoms with Gasteiger partial charge in [0, 0.05) is 6.04 Å². The number of nitrogens with zero attached hydrogens (tertiary/aromatic N) is 1. The molecule has 1 aliphatic carbocycles. The lowest BCUT2D eigenvalue weighted by Crippen LogP contribution is -2.38. The van der Waals surface area contributed by atoms with E-state index in [0.29, 0.717) is 12.2 Å². The second kappa shape index (κ2) is 3.58. The third-order valence-electron chi connectivity index (χ3n) is 3.49. The Morgan fingerprint density at radius 2 is 2.00 bits per heavy atom. The molecular formula is C11H21NO. The average Bonchev–Trinajstić information content (AvgIpc) is 2.56. The molecule has 0 aromatic heterocycles. The van der Waals surface area contributed by atoms with Crippen LogP contribution < -0.4 is 0 Å². The second-order valence-electron chi connectivity index (χ2n) is 4.82. The van der Waals surface area contributed by atoms with Crippen molar-refractivity contribution < 1.29 is 4.74 Å². The molecule has 0 aromatic carbocycles. The first-order chi connectivity index (χ1) is 6.18. The highest BCUT2D eigenvalue weighted by molar-refractivity contribution is 4.96. The molecule has 13 heavy (non-hydrogen) atoms. The molecule has 0 amide bonds. The quantitative estimate of drug-likeness (QED) is 0.648. The summed E-state index contributed by atoms with van der Waals surface area (Å²) in [5.41, 5.74) is 0. The number of rotatable bonds is 2. The Kier molecular flexibility index (Phi) is 2.61. The Morgan fingerprint density at radius 3 is 2.69 bits per heavy atom. The Hall–Kier alpha value is -0.0800. The van der Waals surface area contributed by atoms with Gasteiger partial charge in [-0.05, 0) is 52.6 Å². The average molecular weight is 183 g/mol. The van der Waals surface area contributed by atoms with Crippen molar-refractivity contribution in [2.45, 2.75) is 51.4 Å². The first-order valence-electron chi connectivity index (χ1n) is 5.54. The van der Waals surface area contributed by atoms with Crippen LogP contribution in [0.25, 0.3) is 0 Å². The van der Waals surface area contributed by atoms with Gasteiger partial charge in [-0.2, -0.15) is 0 Å². The van der Waals surface area contributed by atoms with Crippen molar-refractivity contribution in [3.05, 3.63) is 0 Å². The maximum Gasteiger partial charge on any atom is 0.0736 e. The van der Waals surface area contributed by atoms with Gasteiger partial charge in [0.05, 0.1) is 12.2 Å². The van der Waals surface area contributed by atoms with E-state index in [9.17, 15) is 0 Å². The summed E-state index contributed by atoms with van der Waals surface area (Å²) >= 11 is 0. The van der Waals surface area contributed by atoms with Crippen LogP contribution in [-0.4, -0.2) is 36.7 Å². The van der Waals surface area contributed by atoms with Gasteiger partial charge in [-0.3, -0.25) is 0 Å². The van der Waals surface area contributed by atoms with Crippen LogP contribution in [-0.2, 0) is 4.74 Å². The zero-order valence-electron chi connectivity index (χ0n) is 8.99. The Morgan fingerprint density at radius 1 is 1.23 bits per heavy atom. The highest BCUT2D eigenvalue weighted by atomic mass is 16.5. The number of fused-ring (bicyclic) bond motifs is 1. The van der Waals surface area contributed by atoms with Crippen LogP contribution in [0.4, 0.5) is 0 Å². The van der Waals surface area contributed by atoms with E-state index in [1.807, 2.05) is 0 Å². The molecular weight excluding hydrogens is 162 g/mol. The van der Waals surface area contributed by atoms with Crippen molar-refractivity contribution in [1.82, 2.24) is 4.90 Å². The fraction of sp³-hybridized carbons (Fsp3) is 1.00. The van der Waals surface area contributed by atoms with E-state index >= 15 is 0 Å². The van der Waals surface area contributed by atoms with Crippen molar-refractivity contribution in [1.29, 1.82) is 0 Å². The van der Waals surface area contributed by atoms with Crippen LogP contribution in [0.15, 0.2) is 0 Å². The number of likely N-dealkylation sites (tertiary alicyclic amines) is 1. The first kappa shape index (κ1) is 9.47. The fourth-order valence-electron chi connectivity index (χ4n) is 3.00. The van der Waals surface area contributed by atoms with Gasteiger partial charge in [-0.1, -0.05) is 0 Å². The monoisotopic (exact) mass is 183 g/mol. The van der Waals surface area contributed by atoms with Gasteiger partial charge in [0.1, 0.15) is 0 Å². The molecule has 0 aromatic rings. The highest BCUT2D eigenvalue weighted by Gasteiger charge is 2.43. The SMILES string of the molecule is CC(C)OC1CCC2CCN(C)C21. The zero-order chi connectivity index (χ0) is 9.42.